The maximum Gasteiger partial charge on any atom is 0.326 e. The van der Waals surface area contributed by atoms with Crippen LogP contribution in [0.4, 0.5) is 0 Å². The maximum atomic E-state index is 12.9. The van der Waals surface area contributed by atoms with Crippen LogP contribution in [0.3, 0.4) is 0 Å². The van der Waals surface area contributed by atoms with Gasteiger partial charge in [-0.15, -0.1) is 0 Å². The first kappa shape index (κ1) is 41.2. The van der Waals surface area contributed by atoms with Gasteiger partial charge in [0.25, 0.3) is 0 Å². The molecule has 0 heterocycles. The van der Waals surface area contributed by atoms with Gasteiger partial charge in [0, 0.05) is 33.1 Å². The molecule has 10 nitrogen and oxygen atoms in total. The highest BCUT2D eigenvalue weighted by Gasteiger charge is 2.26. The topological polar surface area (TPSA) is 163 Å². The number of carboxylic acid groups (broad SMARTS) is 1. The number of carboxylic acids is 1. The van der Waals surface area contributed by atoms with Crippen molar-refractivity contribution in [2.24, 2.45) is 11.5 Å². The Balaban J connectivity index is 4.10. The third-order valence-electron chi connectivity index (χ3n) is 8.05. The Bertz CT molecular complexity index is 682. The molecule has 8 N–H and O–H groups in total. The molecular formula is C33H68N6O4. The van der Waals surface area contributed by atoms with E-state index in [1.807, 2.05) is 0 Å². The van der Waals surface area contributed by atoms with Gasteiger partial charge in [-0.1, -0.05) is 103 Å². The Hall–Kier alpha value is -1.75. The lowest BCUT2D eigenvalue weighted by molar-refractivity contribution is -0.142. The van der Waals surface area contributed by atoms with Crippen LogP contribution >= 0.6 is 0 Å². The standard InChI is InChI=1S/C33H68N6O4/c1-3-4-5-6-7-8-9-10-11-12-13-14-15-16-17-18-28-39(2)31(40)21-20-30(33(42)43)38-32(41)29(37-25-19-23-34)22-26-36-27-24-35/h29-30,36-37H,3-28,34-35H2,1-2H3,(H,38,41)(H,42,43). The Morgan fingerprint density at radius 2 is 1.21 bits per heavy atom. The van der Waals surface area contributed by atoms with E-state index in [1.165, 1.54) is 89.9 Å². The lowest BCUT2D eigenvalue weighted by Gasteiger charge is -2.22. The van der Waals surface area contributed by atoms with Crippen molar-refractivity contribution >= 4 is 17.8 Å². The number of hydrogen-bond donors (Lipinski definition) is 6. The fourth-order valence-electron chi connectivity index (χ4n) is 5.19. The second-order valence-corrected chi connectivity index (χ2v) is 12.0. The minimum atomic E-state index is -1.14. The quantitative estimate of drug-likeness (QED) is 0.0613. The summed E-state index contributed by atoms with van der Waals surface area (Å²) in [6.07, 6.45) is 22.3. The van der Waals surface area contributed by atoms with E-state index in [0.29, 0.717) is 52.1 Å². The van der Waals surface area contributed by atoms with Crippen LogP contribution in [0.25, 0.3) is 0 Å². The molecule has 43 heavy (non-hydrogen) atoms. The number of nitrogens with one attached hydrogen (secondary N) is 3. The lowest BCUT2D eigenvalue weighted by atomic mass is 10.0. The van der Waals surface area contributed by atoms with Gasteiger partial charge in [0.05, 0.1) is 6.04 Å². The van der Waals surface area contributed by atoms with Crippen LogP contribution in [-0.2, 0) is 14.4 Å². The average Bonchev–Trinajstić information content (AvgIpc) is 2.99. The summed E-state index contributed by atoms with van der Waals surface area (Å²) in [5.74, 6) is -1.61. The van der Waals surface area contributed by atoms with Crippen LogP contribution in [-0.4, -0.2) is 86.2 Å². The van der Waals surface area contributed by atoms with E-state index in [9.17, 15) is 19.5 Å². The van der Waals surface area contributed by atoms with E-state index in [-0.39, 0.29) is 24.7 Å². The summed E-state index contributed by atoms with van der Waals surface area (Å²) in [6.45, 7) is 5.72. The third-order valence-corrected chi connectivity index (χ3v) is 8.05. The third kappa shape index (κ3) is 25.3. The number of carbonyl (C=O) groups is 3. The molecule has 0 saturated heterocycles. The number of nitrogens with two attached hydrogens (primary N) is 2. The summed E-state index contributed by atoms with van der Waals surface area (Å²) >= 11 is 0. The van der Waals surface area contributed by atoms with E-state index in [4.69, 9.17) is 11.5 Å². The summed E-state index contributed by atoms with van der Waals surface area (Å²) in [6, 6.07) is -1.66. The Kier molecular flexibility index (Phi) is 29.1. The molecule has 0 aromatic carbocycles. The largest absolute Gasteiger partial charge is 0.480 e. The second-order valence-electron chi connectivity index (χ2n) is 12.0. The van der Waals surface area contributed by atoms with Gasteiger partial charge in [-0.25, -0.2) is 4.79 Å². The van der Waals surface area contributed by atoms with E-state index in [2.05, 4.69) is 22.9 Å². The van der Waals surface area contributed by atoms with Crippen LogP contribution in [0.1, 0.15) is 135 Å². The SMILES string of the molecule is CCCCCCCCCCCCCCCCCCN(C)C(=O)CCC(NC(=O)C(CCNCCN)NCCCN)C(=O)O. The zero-order chi connectivity index (χ0) is 32.0. The van der Waals surface area contributed by atoms with Crippen molar-refractivity contribution < 1.29 is 19.5 Å². The molecule has 0 aliphatic rings. The highest BCUT2D eigenvalue weighted by atomic mass is 16.4. The van der Waals surface area contributed by atoms with Crippen molar-refractivity contribution in [3.63, 3.8) is 0 Å². The van der Waals surface area contributed by atoms with E-state index in [0.717, 1.165) is 12.8 Å². The summed E-state index contributed by atoms with van der Waals surface area (Å²) in [5.41, 5.74) is 11.1. The zero-order valence-corrected chi connectivity index (χ0v) is 27.8. The molecule has 0 saturated carbocycles. The normalized spacial score (nSPS) is 12.7. The first-order valence-electron chi connectivity index (χ1n) is 17.5. The summed E-state index contributed by atoms with van der Waals surface area (Å²) in [5, 5.41) is 18.6. The van der Waals surface area contributed by atoms with Gasteiger partial charge < -0.3 is 37.4 Å². The van der Waals surface area contributed by atoms with Crippen molar-refractivity contribution in [3.8, 4) is 0 Å². The first-order valence-corrected chi connectivity index (χ1v) is 17.5. The van der Waals surface area contributed by atoms with Gasteiger partial charge in [0.2, 0.25) is 11.8 Å². The minimum absolute atomic E-state index is 0.0597. The second kappa shape index (κ2) is 30.3. The van der Waals surface area contributed by atoms with Crippen molar-refractivity contribution in [1.82, 2.24) is 20.9 Å². The van der Waals surface area contributed by atoms with Crippen LogP contribution in [0.2, 0.25) is 0 Å². The fraction of sp³-hybridized carbons (Fsp3) is 0.909. The van der Waals surface area contributed by atoms with Crippen molar-refractivity contribution in [2.45, 2.75) is 147 Å². The van der Waals surface area contributed by atoms with E-state index < -0.39 is 18.1 Å². The number of aliphatic carboxylic acids is 1. The molecule has 0 spiro atoms. The smallest absolute Gasteiger partial charge is 0.326 e. The van der Waals surface area contributed by atoms with Gasteiger partial charge in [0.15, 0.2) is 0 Å². The van der Waals surface area contributed by atoms with Gasteiger partial charge >= 0.3 is 5.97 Å². The molecular weight excluding hydrogens is 544 g/mol. The number of unbranched alkanes of at least 4 members (excludes halogenated alkanes) is 15. The van der Waals surface area contributed by atoms with Crippen LogP contribution < -0.4 is 27.4 Å². The molecule has 0 aromatic rings. The molecule has 0 fully saturated rings. The molecule has 0 radical (unpaired) electrons. The number of carbonyl (C=O) groups excluding carboxylic acids is 2. The van der Waals surface area contributed by atoms with Gasteiger partial charge in [-0.05, 0) is 45.3 Å². The Labute approximate surface area is 263 Å². The fourth-order valence-corrected chi connectivity index (χ4v) is 5.19. The summed E-state index contributed by atoms with van der Waals surface area (Å²) in [4.78, 5) is 39.0. The van der Waals surface area contributed by atoms with Crippen LogP contribution in [0, 0.1) is 0 Å². The van der Waals surface area contributed by atoms with Gasteiger partial charge in [-0.2, -0.15) is 0 Å². The van der Waals surface area contributed by atoms with Crippen molar-refractivity contribution in [2.75, 3.05) is 46.3 Å². The molecule has 0 aliphatic heterocycles. The number of nitrogens with zero attached hydrogens (tertiary/aromatic N) is 1. The van der Waals surface area contributed by atoms with Crippen LogP contribution in [0.5, 0.6) is 0 Å². The highest BCUT2D eigenvalue weighted by Crippen LogP contribution is 2.14. The zero-order valence-electron chi connectivity index (χ0n) is 27.8. The average molecular weight is 613 g/mol. The van der Waals surface area contributed by atoms with Gasteiger partial charge in [-0.3, -0.25) is 9.59 Å². The number of hydrogen-bond acceptors (Lipinski definition) is 7. The molecule has 0 rings (SSSR count). The number of amides is 2. The summed E-state index contributed by atoms with van der Waals surface area (Å²) in [7, 11) is 1.77. The summed E-state index contributed by atoms with van der Waals surface area (Å²) < 4.78 is 0. The van der Waals surface area contributed by atoms with Gasteiger partial charge in [0.1, 0.15) is 6.04 Å². The molecule has 10 heteroatoms. The Morgan fingerprint density at radius 1 is 0.674 bits per heavy atom. The minimum Gasteiger partial charge on any atom is -0.480 e. The number of rotatable bonds is 32. The van der Waals surface area contributed by atoms with E-state index in [1.54, 1.807) is 11.9 Å². The molecule has 0 bridgehead atoms. The monoisotopic (exact) mass is 613 g/mol. The molecule has 0 aliphatic carbocycles. The highest BCUT2D eigenvalue weighted by molar-refractivity contribution is 5.87. The molecule has 0 aromatic heterocycles. The lowest BCUT2D eigenvalue weighted by Crippen LogP contribution is -2.51. The van der Waals surface area contributed by atoms with Crippen LogP contribution in [0.15, 0.2) is 0 Å². The Morgan fingerprint density at radius 3 is 1.70 bits per heavy atom. The molecule has 2 unspecified atom stereocenters. The predicted molar refractivity (Wildman–Crippen MR) is 178 cm³/mol. The molecule has 2 amide bonds. The molecule has 254 valence electrons. The van der Waals surface area contributed by atoms with Crippen molar-refractivity contribution in [1.29, 1.82) is 0 Å². The predicted octanol–water partition coefficient (Wildman–Crippen LogP) is 4.30. The molecule has 2 atom stereocenters. The van der Waals surface area contributed by atoms with E-state index >= 15 is 0 Å². The first-order chi connectivity index (χ1) is 20.9. The maximum absolute atomic E-state index is 12.9. The van der Waals surface area contributed by atoms with Crippen molar-refractivity contribution in [3.05, 3.63) is 0 Å².